The molecule has 1 saturated carbocycles. The van der Waals surface area contributed by atoms with Gasteiger partial charge in [-0.3, -0.25) is 4.79 Å². The maximum atomic E-state index is 12.9. The number of hydrogen-bond donors (Lipinski definition) is 1. The van der Waals surface area contributed by atoms with Crippen molar-refractivity contribution in [3.05, 3.63) is 57.7 Å². The van der Waals surface area contributed by atoms with Gasteiger partial charge in [-0.15, -0.1) is 21.5 Å². The first-order valence-corrected chi connectivity index (χ1v) is 14.0. The van der Waals surface area contributed by atoms with E-state index in [0.29, 0.717) is 22.4 Å². The lowest BCUT2D eigenvalue weighted by Crippen LogP contribution is -2.16. The van der Waals surface area contributed by atoms with Crippen LogP contribution >= 0.6 is 23.1 Å². The number of carbonyl (C=O) groups excluding carboxylic acids is 2. The lowest BCUT2D eigenvalue weighted by molar-refractivity contribution is -0.113. The maximum Gasteiger partial charge on any atom is 0.341 e. The van der Waals surface area contributed by atoms with E-state index in [9.17, 15) is 9.59 Å². The number of hydrogen-bond acceptors (Lipinski definition) is 7. The SMILES string of the molecule is COC(=O)c1c(NC(=O)CSc2nnc(C3CC3c3ccccc3)n2C)sc2c1CCCCCC2. The van der Waals surface area contributed by atoms with Gasteiger partial charge in [-0.25, -0.2) is 4.79 Å². The highest BCUT2D eigenvalue weighted by atomic mass is 32.2. The molecule has 2 aromatic heterocycles. The third-order valence-corrected chi connectivity index (χ3v) is 9.09. The average molecular weight is 511 g/mol. The van der Waals surface area contributed by atoms with Crippen LogP contribution < -0.4 is 5.32 Å². The van der Waals surface area contributed by atoms with Gasteiger partial charge < -0.3 is 14.6 Å². The van der Waals surface area contributed by atoms with Gasteiger partial charge in [-0.05, 0) is 49.1 Å². The summed E-state index contributed by atoms with van der Waals surface area (Å²) in [5, 5.41) is 13.1. The number of benzene rings is 1. The molecule has 2 unspecified atom stereocenters. The third-order valence-electron chi connectivity index (χ3n) is 6.86. The molecule has 5 rings (SSSR count). The Labute approximate surface area is 213 Å². The number of aromatic nitrogens is 3. The Kier molecular flexibility index (Phi) is 7.24. The van der Waals surface area contributed by atoms with Crippen LogP contribution in [0.1, 0.15) is 76.1 Å². The molecule has 7 nitrogen and oxygen atoms in total. The molecule has 3 aromatic rings. The van der Waals surface area contributed by atoms with Gasteiger partial charge >= 0.3 is 5.97 Å². The number of carbonyl (C=O) groups is 2. The summed E-state index contributed by atoms with van der Waals surface area (Å²) in [5.74, 6) is 1.48. The number of thioether (sulfide) groups is 1. The van der Waals surface area contributed by atoms with Gasteiger partial charge in [0.2, 0.25) is 5.91 Å². The molecule has 0 aliphatic heterocycles. The van der Waals surface area contributed by atoms with E-state index < -0.39 is 0 Å². The van der Waals surface area contributed by atoms with Gasteiger partial charge in [0.1, 0.15) is 10.8 Å². The normalized spacial score (nSPS) is 19.4. The summed E-state index contributed by atoms with van der Waals surface area (Å²) in [6.45, 7) is 0. The van der Waals surface area contributed by atoms with Crippen molar-refractivity contribution in [3.8, 4) is 0 Å². The molecular formula is C26H30N4O3S2. The molecule has 184 valence electrons. The summed E-state index contributed by atoms with van der Waals surface area (Å²) in [7, 11) is 3.36. The Morgan fingerprint density at radius 2 is 1.89 bits per heavy atom. The Morgan fingerprint density at radius 1 is 1.11 bits per heavy atom. The number of aryl methyl sites for hydroxylation is 1. The van der Waals surface area contributed by atoms with Gasteiger partial charge in [-0.2, -0.15) is 0 Å². The van der Waals surface area contributed by atoms with Gasteiger partial charge in [-0.1, -0.05) is 54.9 Å². The molecule has 0 bridgehead atoms. The number of fused-ring (bicyclic) bond motifs is 1. The standard InChI is InChI=1S/C26H30N4O3S2/c1-30-23(19-14-18(19)16-10-6-5-7-11-16)28-29-26(30)34-15-21(31)27-24-22(25(32)33-2)17-12-8-3-4-9-13-20(17)35-24/h5-7,10-11,18-19H,3-4,8-9,12-15H2,1-2H3,(H,27,31). The number of thiophene rings is 1. The zero-order valence-corrected chi connectivity index (χ0v) is 21.7. The fourth-order valence-corrected chi connectivity index (χ4v) is 6.95. The average Bonchev–Trinajstić information content (AvgIpc) is 3.47. The van der Waals surface area contributed by atoms with Crippen LogP contribution in [0.25, 0.3) is 0 Å². The van der Waals surface area contributed by atoms with E-state index in [-0.39, 0.29) is 17.6 Å². The van der Waals surface area contributed by atoms with Gasteiger partial charge in [0.25, 0.3) is 0 Å². The van der Waals surface area contributed by atoms with Crippen molar-refractivity contribution in [2.75, 3.05) is 18.2 Å². The van der Waals surface area contributed by atoms with Gasteiger partial charge in [0.15, 0.2) is 5.16 Å². The molecule has 2 aliphatic rings. The first-order valence-electron chi connectivity index (χ1n) is 12.2. The van der Waals surface area contributed by atoms with Crippen molar-refractivity contribution in [3.63, 3.8) is 0 Å². The van der Waals surface area contributed by atoms with E-state index in [1.54, 1.807) is 0 Å². The molecule has 1 aromatic carbocycles. The van der Waals surface area contributed by atoms with Crippen LogP contribution in [-0.4, -0.2) is 39.5 Å². The minimum atomic E-state index is -0.374. The number of ether oxygens (including phenoxy) is 1. The molecule has 2 heterocycles. The maximum absolute atomic E-state index is 12.9. The minimum Gasteiger partial charge on any atom is -0.465 e. The first-order chi connectivity index (χ1) is 17.1. The van der Waals surface area contributed by atoms with Crippen LogP contribution in [0.4, 0.5) is 5.00 Å². The molecule has 0 saturated heterocycles. The largest absolute Gasteiger partial charge is 0.465 e. The van der Waals surface area contributed by atoms with E-state index >= 15 is 0 Å². The topological polar surface area (TPSA) is 86.1 Å². The van der Waals surface area contributed by atoms with Crippen molar-refractivity contribution in [1.82, 2.24) is 14.8 Å². The lowest BCUT2D eigenvalue weighted by atomic mass is 9.96. The summed E-state index contributed by atoms with van der Waals surface area (Å²) < 4.78 is 7.06. The van der Waals surface area contributed by atoms with Crippen molar-refractivity contribution in [2.45, 2.75) is 61.9 Å². The highest BCUT2D eigenvalue weighted by Crippen LogP contribution is 2.54. The molecule has 1 fully saturated rings. The predicted molar refractivity (Wildman–Crippen MR) is 138 cm³/mol. The summed E-state index contributed by atoms with van der Waals surface area (Å²) in [6, 6.07) is 10.5. The quantitative estimate of drug-likeness (QED) is 0.342. The Hall–Kier alpha value is -2.65. The number of amides is 1. The minimum absolute atomic E-state index is 0.160. The molecule has 9 heteroatoms. The first kappa shape index (κ1) is 24.1. The second kappa shape index (κ2) is 10.5. The number of anilines is 1. The summed E-state index contributed by atoms with van der Waals surface area (Å²) in [5.41, 5.74) is 2.93. The summed E-state index contributed by atoms with van der Waals surface area (Å²) >= 11 is 2.89. The van der Waals surface area contributed by atoms with Crippen LogP contribution in [0.2, 0.25) is 0 Å². The van der Waals surface area contributed by atoms with Crippen molar-refractivity contribution in [2.24, 2.45) is 7.05 Å². The molecule has 2 aliphatic carbocycles. The van der Waals surface area contributed by atoms with Crippen molar-refractivity contribution >= 4 is 40.0 Å². The van der Waals surface area contributed by atoms with Crippen molar-refractivity contribution < 1.29 is 14.3 Å². The second-order valence-corrected chi connectivity index (χ2v) is 11.3. The van der Waals surface area contributed by atoms with E-state index in [0.717, 1.165) is 48.6 Å². The number of rotatable bonds is 7. The molecule has 1 N–H and O–H groups in total. The van der Waals surface area contributed by atoms with Gasteiger partial charge in [0, 0.05) is 17.8 Å². The Balaban J connectivity index is 1.24. The smallest absolute Gasteiger partial charge is 0.341 e. The van der Waals surface area contributed by atoms with Crippen LogP contribution in [-0.2, 0) is 29.4 Å². The van der Waals surface area contributed by atoms with E-state index in [2.05, 4.69) is 39.8 Å². The number of nitrogens with zero attached hydrogens (tertiary/aromatic N) is 3. The van der Waals surface area contributed by atoms with Crippen LogP contribution in [0, 0.1) is 0 Å². The molecule has 35 heavy (non-hydrogen) atoms. The van der Waals surface area contributed by atoms with Crippen molar-refractivity contribution in [1.29, 1.82) is 0 Å². The van der Waals surface area contributed by atoms with Crippen LogP contribution in [0.5, 0.6) is 0 Å². The summed E-state index contributed by atoms with van der Waals surface area (Å²) in [4.78, 5) is 26.6. The fourth-order valence-electron chi connectivity index (χ4n) is 4.94. The number of esters is 1. The predicted octanol–water partition coefficient (Wildman–Crippen LogP) is 5.32. The third kappa shape index (κ3) is 5.16. The fraction of sp³-hybridized carbons (Fsp3) is 0.462. The Morgan fingerprint density at radius 3 is 2.66 bits per heavy atom. The van der Waals surface area contributed by atoms with Crippen LogP contribution in [0.3, 0.4) is 0 Å². The summed E-state index contributed by atoms with van der Waals surface area (Å²) in [6.07, 6.45) is 7.40. The lowest BCUT2D eigenvalue weighted by Gasteiger charge is -2.11. The molecule has 0 spiro atoms. The monoisotopic (exact) mass is 510 g/mol. The van der Waals surface area contributed by atoms with E-state index in [1.165, 1.54) is 53.5 Å². The second-order valence-electron chi connectivity index (χ2n) is 9.21. The molecule has 0 radical (unpaired) electrons. The highest BCUT2D eigenvalue weighted by molar-refractivity contribution is 7.99. The van der Waals surface area contributed by atoms with Gasteiger partial charge in [0.05, 0.1) is 18.4 Å². The molecular weight excluding hydrogens is 480 g/mol. The molecule has 2 atom stereocenters. The van der Waals surface area contributed by atoms with E-state index in [1.807, 2.05) is 17.7 Å². The van der Waals surface area contributed by atoms with E-state index in [4.69, 9.17) is 4.74 Å². The zero-order chi connectivity index (χ0) is 24.4. The highest BCUT2D eigenvalue weighted by Gasteiger charge is 2.43. The molecule has 1 amide bonds. The number of methoxy groups -OCH3 is 1. The number of nitrogens with one attached hydrogen (secondary N) is 1. The van der Waals surface area contributed by atoms with Crippen LogP contribution in [0.15, 0.2) is 35.5 Å². The Bertz CT molecular complexity index is 1220. The zero-order valence-electron chi connectivity index (χ0n) is 20.1.